The van der Waals surface area contributed by atoms with Gasteiger partial charge in [-0.05, 0) is 48.5 Å². The maximum absolute atomic E-state index is 13.3. The number of oxime groups is 1. The van der Waals surface area contributed by atoms with Crippen LogP contribution < -0.4 is 10.1 Å². The number of rotatable bonds is 6. The van der Waals surface area contributed by atoms with Crippen LogP contribution in [0.4, 0.5) is 10.2 Å². The summed E-state index contributed by atoms with van der Waals surface area (Å²) in [6.07, 6.45) is 0. The normalized spacial score (nSPS) is 11.5. The minimum absolute atomic E-state index is 0.346. The van der Waals surface area contributed by atoms with Crippen LogP contribution in [-0.2, 0) is 6.54 Å². The number of ether oxygens (including phenoxy) is 1. The number of nitrogens with one attached hydrogen (secondary N) is 1. The highest BCUT2D eigenvalue weighted by atomic mass is 19.1. The molecule has 0 aliphatic carbocycles. The van der Waals surface area contributed by atoms with Gasteiger partial charge in [-0.1, -0.05) is 35.5 Å². The molecule has 0 aliphatic heterocycles. The van der Waals surface area contributed by atoms with Crippen LogP contribution in [0.5, 0.6) is 5.75 Å². The zero-order valence-corrected chi connectivity index (χ0v) is 16.3. The number of halogens is 1. The Kier molecular flexibility index (Phi) is 5.57. The molecule has 0 amide bonds. The second kappa shape index (κ2) is 8.61. The van der Waals surface area contributed by atoms with Gasteiger partial charge >= 0.3 is 0 Å². The Morgan fingerprint density at radius 2 is 1.80 bits per heavy atom. The lowest BCUT2D eigenvalue weighted by Crippen LogP contribution is -2.06. The van der Waals surface area contributed by atoms with Crippen molar-refractivity contribution in [2.24, 2.45) is 5.16 Å². The second-order valence-electron chi connectivity index (χ2n) is 6.69. The number of benzene rings is 3. The summed E-state index contributed by atoms with van der Waals surface area (Å²) < 4.78 is 18.7. The lowest BCUT2D eigenvalue weighted by molar-refractivity contribution is 0.319. The molecule has 0 fully saturated rings. The molecule has 30 heavy (non-hydrogen) atoms. The molecule has 0 saturated heterocycles. The third kappa shape index (κ3) is 3.93. The van der Waals surface area contributed by atoms with E-state index in [0.29, 0.717) is 23.4 Å². The highest BCUT2D eigenvalue weighted by Gasteiger charge is 2.13. The number of hydrogen-bond donors (Lipinski definition) is 2. The SMILES string of the molecule is COc1ccccc1CNc1ccc2c(/C(=N/O)c3ccc(F)cc3)cccc2n1. The summed E-state index contributed by atoms with van der Waals surface area (Å²) in [7, 11) is 1.65. The second-order valence-corrected chi connectivity index (χ2v) is 6.69. The molecule has 6 heteroatoms. The van der Waals surface area contributed by atoms with Gasteiger partial charge in [-0.25, -0.2) is 9.37 Å². The number of hydrogen-bond acceptors (Lipinski definition) is 5. The van der Waals surface area contributed by atoms with E-state index < -0.39 is 0 Å². The number of aromatic nitrogens is 1. The van der Waals surface area contributed by atoms with Crippen molar-refractivity contribution >= 4 is 22.4 Å². The van der Waals surface area contributed by atoms with E-state index in [9.17, 15) is 9.60 Å². The molecule has 0 spiro atoms. The van der Waals surface area contributed by atoms with Crippen LogP contribution in [0, 0.1) is 5.82 Å². The van der Waals surface area contributed by atoms with Crippen LogP contribution in [-0.4, -0.2) is 23.0 Å². The minimum atomic E-state index is -0.346. The van der Waals surface area contributed by atoms with Crippen molar-refractivity contribution in [2.45, 2.75) is 6.54 Å². The first kappa shape index (κ1) is 19.4. The van der Waals surface area contributed by atoms with Crippen LogP contribution in [0.3, 0.4) is 0 Å². The molecule has 2 N–H and O–H groups in total. The van der Waals surface area contributed by atoms with Crippen molar-refractivity contribution in [1.29, 1.82) is 0 Å². The van der Waals surface area contributed by atoms with Crippen molar-refractivity contribution in [3.63, 3.8) is 0 Å². The largest absolute Gasteiger partial charge is 0.496 e. The monoisotopic (exact) mass is 401 g/mol. The Bertz CT molecular complexity index is 1210. The number of pyridine rings is 1. The van der Waals surface area contributed by atoms with Gasteiger partial charge in [0, 0.05) is 28.6 Å². The molecule has 1 heterocycles. The van der Waals surface area contributed by atoms with E-state index in [1.54, 1.807) is 19.2 Å². The summed E-state index contributed by atoms with van der Waals surface area (Å²) >= 11 is 0. The van der Waals surface area contributed by atoms with Crippen molar-refractivity contribution in [3.8, 4) is 5.75 Å². The molecular weight excluding hydrogens is 381 g/mol. The molecule has 0 bridgehead atoms. The maximum Gasteiger partial charge on any atom is 0.126 e. The van der Waals surface area contributed by atoms with Gasteiger partial charge in [0.15, 0.2) is 0 Å². The molecule has 0 aliphatic rings. The van der Waals surface area contributed by atoms with Gasteiger partial charge in [0.25, 0.3) is 0 Å². The van der Waals surface area contributed by atoms with Crippen LogP contribution in [0.1, 0.15) is 16.7 Å². The fraction of sp³-hybridized carbons (Fsp3) is 0.0833. The fourth-order valence-corrected chi connectivity index (χ4v) is 3.37. The molecule has 4 rings (SSSR count). The third-order valence-corrected chi connectivity index (χ3v) is 4.86. The molecule has 4 aromatic rings. The number of anilines is 1. The Morgan fingerprint density at radius 3 is 2.57 bits per heavy atom. The molecule has 0 atom stereocenters. The molecule has 5 nitrogen and oxygen atoms in total. The molecule has 0 radical (unpaired) electrons. The number of para-hydroxylation sites is 1. The van der Waals surface area contributed by atoms with E-state index in [4.69, 9.17) is 4.74 Å². The number of fused-ring (bicyclic) bond motifs is 1. The van der Waals surface area contributed by atoms with Crippen molar-refractivity contribution in [2.75, 3.05) is 12.4 Å². The van der Waals surface area contributed by atoms with Crippen LogP contribution in [0.15, 0.2) is 84.0 Å². The topological polar surface area (TPSA) is 66.7 Å². The molecule has 1 aromatic heterocycles. The van der Waals surface area contributed by atoms with Gasteiger partial charge in [-0.15, -0.1) is 0 Å². The summed E-state index contributed by atoms with van der Waals surface area (Å²) in [6, 6.07) is 23.1. The quantitative estimate of drug-likeness (QED) is 0.264. The number of methoxy groups -OCH3 is 1. The first-order valence-corrected chi connectivity index (χ1v) is 9.43. The molecule has 0 unspecified atom stereocenters. The van der Waals surface area contributed by atoms with E-state index in [1.807, 2.05) is 54.6 Å². The van der Waals surface area contributed by atoms with Crippen molar-refractivity contribution in [1.82, 2.24) is 4.98 Å². The van der Waals surface area contributed by atoms with Gasteiger partial charge in [-0.3, -0.25) is 0 Å². The van der Waals surface area contributed by atoms with Crippen molar-refractivity contribution in [3.05, 3.63) is 101 Å². The lowest BCUT2D eigenvalue weighted by Gasteiger charge is -2.12. The van der Waals surface area contributed by atoms with E-state index in [-0.39, 0.29) is 5.82 Å². The highest BCUT2D eigenvalue weighted by Crippen LogP contribution is 2.24. The fourth-order valence-electron chi connectivity index (χ4n) is 3.37. The van der Waals surface area contributed by atoms with Crippen LogP contribution >= 0.6 is 0 Å². The predicted octanol–water partition coefficient (Wildman–Crippen LogP) is 5.22. The van der Waals surface area contributed by atoms with E-state index in [2.05, 4.69) is 15.5 Å². The minimum Gasteiger partial charge on any atom is -0.496 e. The van der Waals surface area contributed by atoms with Gasteiger partial charge in [0.2, 0.25) is 0 Å². The lowest BCUT2D eigenvalue weighted by atomic mass is 9.98. The average Bonchev–Trinajstić information content (AvgIpc) is 2.79. The van der Waals surface area contributed by atoms with Gasteiger partial charge < -0.3 is 15.3 Å². The van der Waals surface area contributed by atoms with Crippen LogP contribution in [0.2, 0.25) is 0 Å². The first-order chi connectivity index (χ1) is 14.7. The van der Waals surface area contributed by atoms with E-state index >= 15 is 0 Å². The Labute approximate surface area is 173 Å². The van der Waals surface area contributed by atoms with Crippen LogP contribution in [0.25, 0.3) is 10.9 Å². The smallest absolute Gasteiger partial charge is 0.126 e. The molecule has 150 valence electrons. The van der Waals surface area contributed by atoms with Gasteiger partial charge in [-0.2, -0.15) is 0 Å². The summed E-state index contributed by atoms with van der Waals surface area (Å²) in [5.74, 6) is 1.19. The molecular formula is C24H20FN3O2. The summed E-state index contributed by atoms with van der Waals surface area (Å²) in [4.78, 5) is 4.68. The average molecular weight is 401 g/mol. The highest BCUT2D eigenvalue weighted by molar-refractivity contribution is 6.18. The Hall–Kier alpha value is -3.93. The zero-order valence-electron chi connectivity index (χ0n) is 16.3. The summed E-state index contributed by atoms with van der Waals surface area (Å²) in [5.41, 5.74) is 3.47. The third-order valence-electron chi connectivity index (χ3n) is 4.86. The standard InChI is InChI=1S/C24H20FN3O2/c1-30-22-8-3-2-5-17(22)15-26-23-14-13-19-20(6-4-7-21(19)27-23)24(28-29)16-9-11-18(25)12-10-16/h2-14,29H,15H2,1H3,(H,26,27)/b28-24+. The molecule has 0 saturated carbocycles. The zero-order chi connectivity index (χ0) is 20.9. The van der Waals surface area contributed by atoms with Crippen molar-refractivity contribution < 1.29 is 14.3 Å². The summed E-state index contributed by atoms with van der Waals surface area (Å²) in [5, 5.41) is 17.2. The van der Waals surface area contributed by atoms with E-state index in [0.717, 1.165) is 28.0 Å². The maximum atomic E-state index is 13.3. The van der Waals surface area contributed by atoms with Gasteiger partial charge in [0.1, 0.15) is 23.1 Å². The number of nitrogens with zero attached hydrogens (tertiary/aromatic N) is 2. The van der Waals surface area contributed by atoms with Gasteiger partial charge in [0.05, 0.1) is 12.6 Å². The first-order valence-electron chi connectivity index (χ1n) is 9.43. The molecule has 3 aromatic carbocycles. The predicted molar refractivity (Wildman–Crippen MR) is 116 cm³/mol. The Balaban J connectivity index is 1.64. The van der Waals surface area contributed by atoms with E-state index in [1.165, 1.54) is 12.1 Å². The Morgan fingerprint density at radius 1 is 1.00 bits per heavy atom. The summed E-state index contributed by atoms with van der Waals surface area (Å²) in [6.45, 7) is 0.571.